The molecule has 17 heavy (non-hydrogen) atoms. The van der Waals surface area contributed by atoms with Gasteiger partial charge in [0.05, 0.1) is 18.2 Å². The number of ether oxygens (including phenoxy) is 1. The van der Waals surface area contributed by atoms with Crippen LogP contribution < -0.4 is 5.32 Å². The number of unbranched alkanes of at least 4 members (excludes halogenated alkanes) is 3. The van der Waals surface area contributed by atoms with Crippen LogP contribution in [-0.2, 0) is 4.74 Å². The molecule has 0 radical (unpaired) electrons. The van der Waals surface area contributed by atoms with Crippen molar-refractivity contribution in [2.45, 2.75) is 69.1 Å². The number of hydrogen-bond donors (Lipinski definition) is 4. The molecule has 0 aromatic carbocycles. The van der Waals surface area contributed by atoms with E-state index >= 15 is 0 Å². The fraction of sp³-hybridized carbons (Fsp3) is 1.00. The fourth-order valence-corrected chi connectivity index (χ4v) is 2.55. The fourth-order valence-electron chi connectivity index (χ4n) is 2.55. The number of aliphatic hydroxyl groups excluding tert-OH is 3. The molecule has 2 fully saturated rings. The van der Waals surface area contributed by atoms with Gasteiger partial charge in [0.15, 0.2) is 0 Å². The zero-order chi connectivity index (χ0) is 12.4. The molecule has 5 nitrogen and oxygen atoms in total. The lowest BCUT2D eigenvalue weighted by Gasteiger charge is -2.33. The summed E-state index contributed by atoms with van der Waals surface area (Å²) in [6.45, 7) is 2.76. The van der Waals surface area contributed by atoms with Crippen LogP contribution in [0.2, 0.25) is 0 Å². The van der Waals surface area contributed by atoms with E-state index in [1.165, 1.54) is 12.8 Å². The highest BCUT2D eigenvalue weighted by molar-refractivity contribution is 5.16. The maximum Gasteiger partial charge on any atom is 0.110 e. The number of nitrogens with one attached hydrogen (secondary N) is 1. The maximum absolute atomic E-state index is 9.83. The Hall–Kier alpha value is -0.200. The van der Waals surface area contributed by atoms with E-state index in [1.807, 2.05) is 0 Å². The molecule has 0 aromatic rings. The summed E-state index contributed by atoms with van der Waals surface area (Å²) in [7, 11) is 0. The molecule has 0 unspecified atom stereocenters. The zero-order valence-corrected chi connectivity index (χ0v) is 10.2. The van der Waals surface area contributed by atoms with Crippen LogP contribution in [0.25, 0.3) is 0 Å². The van der Waals surface area contributed by atoms with E-state index < -0.39 is 18.3 Å². The lowest BCUT2D eigenvalue weighted by atomic mass is 9.89. The zero-order valence-electron chi connectivity index (χ0n) is 10.2. The van der Waals surface area contributed by atoms with Crippen LogP contribution in [0.3, 0.4) is 0 Å². The number of aliphatic hydroxyl groups is 3. The third-order valence-electron chi connectivity index (χ3n) is 3.73. The van der Waals surface area contributed by atoms with Crippen molar-refractivity contribution < 1.29 is 20.1 Å². The van der Waals surface area contributed by atoms with Gasteiger partial charge in [-0.05, 0) is 6.42 Å². The van der Waals surface area contributed by atoms with Crippen LogP contribution in [0.5, 0.6) is 0 Å². The van der Waals surface area contributed by atoms with Gasteiger partial charge in [0.25, 0.3) is 0 Å². The van der Waals surface area contributed by atoms with Crippen LogP contribution in [0.4, 0.5) is 0 Å². The summed E-state index contributed by atoms with van der Waals surface area (Å²) in [5.41, 5.74) is 0. The van der Waals surface area contributed by atoms with Crippen LogP contribution in [0.15, 0.2) is 0 Å². The van der Waals surface area contributed by atoms with Gasteiger partial charge in [-0.25, -0.2) is 0 Å². The molecule has 2 rings (SSSR count). The smallest absolute Gasteiger partial charge is 0.110 e. The van der Waals surface area contributed by atoms with Gasteiger partial charge in [-0.2, -0.15) is 0 Å². The molecular weight excluding hydrogens is 222 g/mol. The largest absolute Gasteiger partial charge is 0.389 e. The van der Waals surface area contributed by atoms with Gasteiger partial charge in [-0.15, -0.1) is 0 Å². The predicted molar refractivity (Wildman–Crippen MR) is 62.6 cm³/mol. The van der Waals surface area contributed by atoms with Crippen molar-refractivity contribution in [3.8, 4) is 0 Å². The second-order valence-corrected chi connectivity index (χ2v) is 5.09. The normalized spacial score (nSPS) is 44.5. The Morgan fingerprint density at radius 1 is 0.941 bits per heavy atom. The highest BCUT2D eigenvalue weighted by atomic mass is 16.5. The molecule has 0 amide bonds. The van der Waals surface area contributed by atoms with Crippen LogP contribution in [-0.4, -0.2) is 58.4 Å². The molecule has 1 saturated carbocycles. The molecule has 1 saturated heterocycles. The third-order valence-corrected chi connectivity index (χ3v) is 3.73. The monoisotopic (exact) mass is 245 g/mol. The van der Waals surface area contributed by atoms with E-state index in [1.54, 1.807) is 0 Å². The van der Waals surface area contributed by atoms with Crippen molar-refractivity contribution >= 4 is 0 Å². The van der Waals surface area contributed by atoms with E-state index in [2.05, 4.69) is 12.2 Å². The van der Waals surface area contributed by atoms with Gasteiger partial charge in [-0.3, -0.25) is 0 Å². The Kier molecular flexibility index (Phi) is 4.38. The highest BCUT2D eigenvalue weighted by Gasteiger charge is 2.58. The van der Waals surface area contributed by atoms with Crippen molar-refractivity contribution in [2.24, 2.45) is 0 Å². The molecule has 0 spiro atoms. The molecule has 0 bridgehead atoms. The first kappa shape index (κ1) is 13.2. The van der Waals surface area contributed by atoms with E-state index in [0.29, 0.717) is 6.61 Å². The molecule has 2 aliphatic rings. The minimum atomic E-state index is -1.10. The Labute approximate surface area is 102 Å². The Bertz CT molecular complexity index is 251. The minimum Gasteiger partial charge on any atom is -0.389 e. The van der Waals surface area contributed by atoms with Crippen LogP contribution in [0.1, 0.15) is 32.6 Å². The second-order valence-electron chi connectivity index (χ2n) is 5.09. The van der Waals surface area contributed by atoms with E-state index in [9.17, 15) is 15.3 Å². The van der Waals surface area contributed by atoms with Gasteiger partial charge < -0.3 is 25.4 Å². The lowest BCUT2D eigenvalue weighted by molar-refractivity contribution is -0.140. The molecule has 1 heterocycles. The van der Waals surface area contributed by atoms with Gasteiger partial charge in [-0.1, -0.05) is 26.2 Å². The molecule has 4 N–H and O–H groups in total. The van der Waals surface area contributed by atoms with Crippen LogP contribution in [0, 0.1) is 0 Å². The number of fused-ring (bicyclic) bond motifs is 1. The summed E-state index contributed by atoms with van der Waals surface area (Å²) in [5.74, 6) is 0. The van der Waals surface area contributed by atoms with E-state index in [4.69, 9.17) is 4.74 Å². The molecule has 1 aliphatic carbocycles. The SMILES string of the molecule is CCCCCCO[C@@H]1[C@@H](O)[C@H](O)[C@@H](O)[C@H]2N[C@H]21. The first-order valence-corrected chi connectivity index (χ1v) is 6.58. The van der Waals surface area contributed by atoms with Gasteiger partial charge in [0, 0.05) is 6.61 Å². The Balaban J connectivity index is 1.73. The summed E-state index contributed by atoms with van der Waals surface area (Å²) < 4.78 is 5.63. The van der Waals surface area contributed by atoms with Crippen molar-refractivity contribution in [2.75, 3.05) is 6.61 Å². The average molecular weight is 245 g/mol. The first-order valence-electron chi connectivity index (χ1n) is 6.58. The molecule has 100 valence electrons. The van der Waals surface area contributed by atoms with Crippen molar-refractivity contribution in [3.05, 3.63) is 0 Å². The Morgan fingerprint density at radius 3 is 2.41 bits per heavy atom. The van der Waals surface area contributed by atoms with Gasteiger partial charge in [0.1, 0.15) is 18.3 Å². The standard InChI is InChI=1S/C12H23NO4/c1-2-3-4-5-6-17-12-8-7(13-8)9(14)10(15)11(12)16/h7-16H,2-6H2,1H3/t7-,8+,9-,10+,11-,12-/m0/s1. The molecular formula is C12H23NO4. The topological polar surface area (TPSA) is 91.9 Å². The second kappa shape index (κ2) is 5.63. The summed E-state index contributed by atoms with van der Waals surface area (Å²) in [6.07, 6.45) is 1.12. The Morgan fingerprint density at radius 2 is 1.71 bits per heavy atom. The third kappa shape index (κ3) is 2.80. The molecule has 6 atom stereocenters. The van der Waals surface area contributed by atoms with Gasteiger partial charge in [0.2, 0.25) is 0 Å². The van der Waals surface area contributed by atoms with Crippen molar-refractivity contribution in [1.82, 2.24) is 5.32 Å². The number of hydrogen-bond acceptors (Lipinski definition) is 5. The molecule has 0 aromatic heterocycles. The summed E-state index contributed by atoms with van der Waals surface area (Å²) in [5, 5.41) is 32.1. The van der Waals surface area contributed by atoms with Gasteiger partial charge >= 0.3 is 0 Å². The molecule has 5 heteroatoms. The van der Waals surface area contributed by atoms with E-state index in [0.717, 1.165) is 12.8 Å². The predicted octanol–water partition coefficient (Wildman–Crippen LogP) is -0.611. The lowest BCUT2D eigenvalue weighted by Crippen LogP contribution is -2.54. The highest BCUT2D eigenvalue weighted by Crippen LogP contribution is 2.32. The number of rotatable bonds is 6. The van der Waals surface area contributed by atoms with Crippen LogP contribution >= 0.6 is 0 Å². The quantitative estimate of drug-likeness (QED) is 0.370. The van der Waals surface area contributed by atoms with Crippen molar-refractivity contribution in [1.29, 1.82) is 0 Å². The molecule has 1 aliphatic heterocycles. The van der Waals surface area contributed by atoms with Crippen molar-refractivity contribution in [3.63, 3.8) is 0 Å². The van der Waals surface area contributed by atoms with E-state index in [-0.39, 0.29) is 18.2 Å². The maximum atomic E-state index is 9.83. The summed E-state index contributed by atoms with van der Waals surface area (Å²) in [6, 6.07) is -0.122. The summed E-state index contributed by atoms with van der Waals surface area (Å²) in [4.78, 5) is 0. The first-order chi connectivity index (χ1) is 8.16. The summed E-state index contributed by atoms with van der Waals surface area (Å²) >= 11 is 0. The minimum absolute atomic E-state index is 0.00502. The average Bonchev–Trinajstić information content (AvgIpc) is 3.10.